The third-order valence-electron chi connectivity index (χ3n) is 4.18. The maximum absolute atomic E-state index is 11.9. The molecule has 0 bridgehead atoms. The number of nitrogens with one attached hydrogen (secondary N) is 2. The van der Waals surface area contributed by atoms with E-state index in [9.17, 15) is 4.79 Å². The lowest BCUT2D eigenvalue weighted by molar-refractivity contribution is 0.233. The Balaban J connectivity index is 1.46. The zero-order chi connectivity index (χ0) is 14.5. The molecule has 1 aromatic carbocycles. The molecule has 3 nitrogen and oxygen atoms in total. The van der Waals surface area contributed by atoms with Gasteiger partial charge in [0.25, 0.3) is 0 Å². The number of carbonyl (C=O) groups is 1. The van der Waals surface area contributed by atoms with Crippen molar-refractivity contribution in [2.45, 2.75) is 44.6 Å². The molecule has 1 fully saturated rings. The van der Waals surface area contributed by atoms with Gasteiger partial charge in [-0.1, -0.05) is 37.5 Å². The minimum absolute atomic E-state index is 0.0126. The van der Waals surface area contributed by atoms with Crippen LogP contribution < -0.4 is 10.6 Å². The third-order valence-corrected chi connectivity index (χ3v) is 5.19. The maximum atomic E-state index is 11.9. The summed E-state index contributed by atoms with van der Waals surface area (Å²) in [7, 11) is 0. The molecule has 0 spiro atoms. The van der Waals surface area contributed by atoms with E-state index >= 15 is 0 Å². The molecule has 0 aliphatic heterocycles. The minimum Gasteiger partial charge on any atom is -0.338 e. The second-order valence-corrected chi connectivity index (χ2v) is 6.65. The Hall–Kier alpha value is -1.55. The fourth-order valence-electron chi connectivity index (χ4n) is 3.02. The van der Waals surface area contributed by atoms with Crippen LogP contribution in [0.5, 0.6) is 0 Å². The first-order valence-electron chi connectivity index (χ1n) is 7.82. The average Bonchev–Trinajstić information content (AvgIpc) is 2.92. The quantitative estimate of drug-likeness (QED) is 0.878. The monoisotopic (exact) mass is 302 g/mol. The normalized spacial score (nSPS) is 16.0. The summed E-state index contributed by atoms with van der Waals surface area (Å²) in [5.41, 5.74) is 1.33. The van der Waals surface area contributed by atoms with E-state index in [1.807, 2.05) is 0 Å². The number of thiophene rings is 1. The van der Waals surface area contributed by atoms with Crippen LogP contribution in [-0.4, -0.2) is 18.6 Å². The fraction of sp³-hybridized carbons (Fsp3) is 0.471. The zero-order valence-corrected chi connectivity index (χ0v) is 13.0. The molecule has 1 aliphatic carbocycles. The summed E-state index contributed by atoms with van der Waals surface area (Å²) in [6.45, 7) is 0.694. The number of fused-ring (bicyclic) bond motifs is 1. The summed E-state index contributed by atoms with van der Waals surface area (Å²) in [4.78, 5) is 11.9. The van der Waals surface area contributed by atoms with Crippen LogP contribution in [0.3, 0.4) is 0 Å². The molecule has 4 heteroatoms. The van der Waals surface area contributed by atoms with Crippen LogP contribution in [0.25, 0.3) is 10.1 Å². The second kappa shape index (κ2) is 6.94. The van der Waals surface area contributed by atoms with Crippen LogP contribution in [0.15, 0.2) is 29.6 Å². The summed E-state index contributed by atoms with van der Waals surface area (Å²) in [6.07, 6.45) is 6.94. The van der Waals surface area contributed by atoms with Gasteiger partial charge in [0.15, 0.2) is 0 Å². The van der Waals surface area contributed by atoms with Crippen molar-refractivity contribution >= 4 is 27.5 Å². The van der Waals surface area contributed by atoms with Gasteiger partial charge in [0.2, 0.25) is 0 Å². The SMILES string of the molecule is O=C(NCCc1csc2ccccc12)NC1CCCCC1. The molecule has 1 saturated carbocycles. The number of benzene rings is 1. The lowest BCUT2D eigenvalue weighted by Gasteiger charge is -2.22. The predicted octanol–water partition coefficient (Wildman–Crippen LogP) is 4.08. The maximum Gasteiger partial charge on any atom is 0.315 e. The van der Waals surface area contributed by atoms with Crippen molar-refractivity contribution in [2.24, 2.45) is 0 Å². The van der Waals surface area contributed by atoms with E-state index in [1.165, 1.54) is 34.9 Å². The zero-order valence-electron chi connectivity index (χ0n) is 12.2. The number of hydrogen-bond donors (Lipinski definition) is 2. The molecule has 3 rings (SSSR count). The Labute approximate surface area is 129 Å². The Morgan fingerprint density at radius 1 is 1.19 bits per heavy atom. The van der Waals surface area contributed by atoms with Crippen molar-refractivity contribution in [1.82, 2.24) is 10.6 Å². The van der Waals surface area contributed by atoms with Crippen LogP contribution in [0.4, 0.5) is 4.79 Å². The molecule has 0 unspecified atom stereocenters. The summed E-state index contributed by atoms with van der Waals surface area (Å²) < 4.78 is 1.32. The third kappa shape index (κ3) is 3.76. The van der Waals surface area contributed by atoms with Gasteiger partial charge >= 0.3 is 6.03 Å². The molecule has 2 amide bonds. The molecule has 1 heterocycles. The van der Waals surface area contributed by atoms with Gasteiger partial charge in [-0.3, -0.25) is 0 Å². The predicted molar refractivity (Wildman–Crippen MR) is 88.9 cm³/mol. The number of amides is 2. The highest BCUT2D eigenvalue weighted by atomic mass is 32.1. The number of carbonyl (C=O) groups excluding carboxylic acids is 1. The van der Waals surface area contributed by atoms with Crippen molar-refractivity contribution in [1.29, 1.82) is 0 Å². The largest absolute Gasteiger partial charge is 0.338 e. The van der Waals surface area contributed by atoms with Gasteiger partial charge in [-0.25, -0.2) is 4.79 Å². The van der Waals surface area contributed by atoms with Crippen molar-refractivity contribution in [3.63, 3.8) is 0 Å². The van der Waals surface area contributed by atoms with Gasteiger partial charge in [-0.15, -0.1) is 11.3 Å². The van der Waals surface area contributed by atoms with Crippen LogP contribution in [0, 0.1) is 0 Å². The van der Waals surface area contributed by atoms with E-state index in [0.29, 0.717) is 12.6 Å². The number of rotatable bonds is 4. The van der Waals surface area contributed by atoms with E-state index in [4.69, 9.17) is 0 Å². The summed E-state index contributed by atoms with van der Waals surface area (Å²) in [5.74, 6) is 0. The summed E-state index contributed by atoms with van der Waals surface area (Å²) in [6, 6.07) is 8.80. The van der Waals surface area contributed by atoms with Crippen molar-refractivity contribution in [3.8, 4) is 0 Å². The van der Waals surface area contributed by atoms with Crippen molar-refractivity contribution in [3.05, 3.63) is 35.2 Å². The lowest BCUT2D eigenvalue weighted by Crippen LogP contribution is -2.43. The first kappa shape index (κ1) is 14.4. The molecule has 0 saturated heterocycles. The highest BCUT2D eigenvalue weighted by Crippen LogP contribution is 2.25. The molecular formula is C17H22N2OS. The Kier molecular flexibility index (Phi) is 4.76. The molecule has 1 aromatic heterocycles. The molecule has 2 aromatic rings. The van der Waals surface area contributed by atoms with E-state index < -0.39 is 0 Å². The minimum atomic E-state index is -0.0126. The van der Waals surface area contributed by atoms with Gasteiger partial charge in [0, 0.05) is 17.3 Å². The van der Waals surface area contributed by atoms with Crippen LogP contribution in [-0.2, 0) is 6.42 Å². The van der Waals surface area contributed by atoms with Gasteiger partial charge < -0.3 is 10.6 Å². The van der Waals surface area contributed by atoms with E-state index in [1.54, 1.807) is 11.3 Å². The smallest absolute Gasteiger partial charge is 0.315 e. The Morgan fingerprint density at radius 3 is 2.86 bits per heavy atom. The first-order valence-corrected chi connectivity index (χ1v) is 8.70. The first-order chi connectivity index (χ1) is 10.3. The summed E-state index contributed by atoms with van der Waals surface area (Å²) >= 11 is 1.77. The van der Waals surface area contributed by atoms with Crippen molar-refractivity contribution in [2.75, 3.05) is 6.54 Å². The van der Waals surface area contributed by atoms with Gasteiger partial charge in [-0.2, -0.15) is 0 Å². The van der Waals surface area contributed by atoms with E-state index in [0.717, 1.165) is 19.3 Å². The van der Waals surface area contributed by atoms with Crippen molar-refractivity contribution < 1.29 is 4.79 Å². The standard InChI is InChI=1S/C17H22N2OS/c20-17(19-14-6-2-1-3-7-14)18-11-10-13-12-21-16-9-5-4-8-15(13)16/h4-5,8-9,12,14H,1-3,6-7,10-11H2,(H2,18,19,20). The van der Waals surface area contributed by atoms with Crippen LogP contribution in [0.2, 0.25) is 0 Å². The number of urea groups is 1. The molecule has 112 valence electrons. The Bertz CT molecular complexity index is 602. The van der Waals surface area contributed by atoms with Gasteiger partial charge in [0.05, 0.1) is 0 Å². The lowest BCUT2D eigenvalue weighted by atomic mass is 9.96. The molecule has 0 radical (unpaired) electrons. The van der Waals surface area contributed by atoms with Gasteiger partial charge in [0.1, 0.15) is 0 Å². The van der Waals surface area contributed by atoms with Gasteiger partial charge in [-0.05, 0) is 41.7 Å². The molecule has 1 aliphatic rings. The number of hydrogen-bond acceptors (Lipinski definition) is 2. The Morgan fingerprint density at radius 2 is 2.00 bits per heavy atom. The molecule has 2 N–H and O–H groups in total. The molecule has 21 heavy (non-hydrogen) atoms. The molecule has 0 atom stereocenters. The highest BCUT2D eigenvalue weighted by molar-refractivity contribution is 7.17. The average molecular weight is 302 g/mol. The van der Waals surface area contributed by atoms with Crippen LogP contribution >= 0.6 is 11.3 Å². The highest BCUT2D eigenvalue weighted by Gasteiger charge is 2.15. The topological polar surface area (TPSA) is 41.1 Å². The molecular weight excluding hydrogens is 280 g/mol. The fourth-order valence-corrected chi connectivity index (χ4v) is 4.02. The summed E-state index contributed by atoms with van der Waals surface area (Å²) in [5, 5.41) is 9.59. The second-order valence-electron chi connectivity index (χ2n) is 5.74. The van der Waals surface area contributed by atoms with Crippen LogP contribution in [0.1, 0.15) is 37.7 Å². The van der Waals surface area contributed by atoms with E-state index in [-0.39, 0.29) is 6.03 Å². The van der Waals surface area contributed by atoms with E-state index in [2.05, 4.69) is 40.3 Å².